The average molecular weight is 266 g/mol. The summed E-state index contributed by atoms with van der Waals surface area (Å²) in [6.07, 6.45) is 9.99. The van der Waals surface area contributed by atoms with Gasteiger partial charge in [-0.25, -0.2) is 0 Å². The lowest BCUT2D eigenvalue weighted by Gasteiger charge is -2.28. The van der Waals surface area contributed by atoms with E-state index in [4.69, 9.17) is 0 Å². The molecule has 2 N–H and O–H groups in total. The van der Waals surface area contributed by atoms with Gasteiger partial charge in [0.15, 0.2) is 0 Å². The summed E-state index contributed by atoms with van der Waals surface area (Å²) >= 11 is 0. The molecule has 2 fully saturated rings. The van der Waals surface area contributed by atoms with Gasteiger partial charge in [-0.15, -0.1) is 0 Å². The highest BCUT2D eigenvalue weighted by Gasteiger charge is 2.25. The molecular formula is C15H26N2O2. The number of carbonyl (C=O) groups excluding carboxylic acids is 2. The predicted octanol–water partition coefficient (Wildman–Crippen LogP) is 2.13. The average Bonchev–Trinajstić information content (AvgIpc) is 2.40. The summed E-state index contributed by atoms with van der Waals surface area (Å²) in [5.41, 5.74) is 0. The highest BCUT2D eigenvalue weighted by Crippen LogP contribution is 2.23. The third-order valence-electron chi connectivity index (χ3n) is 4.42. The highest BCUT2D eigenvalue weighted by atomic mass is 16.2. The van der Waals surface area contributed by atoms with E-state index in [2.05, 4.69) is 17.6 Å². The van der Waals surface area contributed by atoms with Gasteiger partial charge in [0.25, 0.3) is 0 Å². The van der Waals surface area contributed by atoms with Gasteiger partial charge in [0.05, 0.1) is 0 Å². The molecule has 0 aromatic carbocycles. The van der Waals surface area contributed by atoms with Gasteiger partial charge in [0.1, 0.15) is 0 Å². The minimum atomic E-state index is -0.440. The molecule has 2 aliphatic carbocycles. The molecule has 4 nitrogen and oxygen atoms in total. The maximum Gasteiger partial charge on any atom is 0.309 e. The van der Waals surface area contributed by atoms with E-state index in [0.29, 0.717) is 5.92 Å². The summed E-state index contributed by atoms with van der Waals surface area (Å²) in [6, 6.07) is 0.394. The van der Waals surface area contributed by atoms with Crippen LogP contribution in [0.4, 0.5) is 0 Å². The molecule has 2 atom stereocenters. The highest BCUT2D eigenvalue weighted by molar-refractivity contribution is 6.35. The van der Waals surface area contributed by atoms with Gasteiger partial charge in [-0.1, -0.05) is 39.0 Å². The summed E-state index contributed by atoms with van der Waals surface area (Å²) in [4.78, 5) is 23.7. The Labute approximate surface area is 115 Å². The van der Waals surface area contributed by atoms with Gasteiger partial charge in [-0.2, -0.15) is 0 Å². The van der Waals surface area contributed by atoms with Crippen LogP contribution in [0.1, 0.15) is 64.7 Å². The molecule has 2 amide bonds. The van der Waals surface area contributed by atoms with Crippen LogP contribution in [0.5, 0.6) is 0 Å². The second-order valence-corrected chi connectivity index (χ2v) is 6.25. The van der Waals surface area contributed by atoms with Crippen molar-refractivity contribution in [3.8, 4) is 0 Å². The number of hydrogen-bond donors (Lipinski definition) is 2. The summed E-state index contributed by atoms with van der Waals surface area (Å²) in [5, 5.41) is 5.76. The van der Waals surface area contributed by atoms with Crippen LogP contribution >= 0.6 is 0 Å². The standard InChI is InChI=1S/C15H26N2O2/c1-11-6-5-9-13(10-11)17-15(19)14(18)16-12-7-3-2-4-8-12/h11-13H,2-10H2,1H3,(H,16,18)(H,17,19). The van der Waals surface area contributed by atoms with Crippen molar-refractivity contribution in [2.24, 2.45) is 5.92 Å². The lowest BCUT2D eigenvalue weighted by atomic mass is 9.87. The first-order chi connectivity index (χ1) is 9.15. The van der Waals surface area contributed by atoms with Gasteiger partial charge < -0.3 is 10.6 Å². The Morgan fingerprint density at radius 1 is 0.789 bits per heavy atom. The van der Waals surface area contributed by atoms with Gasteiger partial charge in [0, 0.05) is 12.1 Å². The van der Waals surface area contributed by atoms with Crippen LogP contribution in [0, 0.1) is 5.92 Å². The van der Waals surface area contributed by atoms with Crippen LogP contribution in [0.25, 0.3) is 0 Å². The van der Waals surface area contributed by atoms with E-state index in [-0.39, 0.29) is 12.1 Å². The first kappa shape index (κ1) is 14.4. The van der Waals surface area contributed by atoms with Crippen molar-refractivity contribution in [2.45, 2.75) is 76.8 Å². The zero-order chi connectivity index (χ0) is 13.7. The third kappa shape index (κ3) is 4.51. The largest absolute Gasteiger partial charge is 0.345 e. The predicted molar refractivity (Wildman–Crippen MR) is 74.6 cm³/mol. The Hall–Kier alpha value is -1.06. The van der Waals surface area contributed by atoms with Crippen LogP contribution < -0.4 is 10.6 Å². The first-order valence-corrected chi connectivity index (χ1v) is 7.76. The minimum absolute atomic E-state index is 0.188. The van der Waals surface area contributed by atoms with Crippen molar-refractivity contribution >= 4 is 11.8 Å². The summed E-state index contributed by atoms with van der Waals surface area (Å²) < 4.78 is 0. The Kier molecular flexibility index (Phi) is 5.23. The number of carbonyl (C=O) groups is 2. The molecule has 2 unspecified atom stereocenters. The van der Waals surface area contributed by atoms with Gasteiger partial charge in [0.2, 0.25) is 0 Å². The lowest BCUT2D eigenvalue weighted by Crippen LogP contribution is -2.48. The van der Waals surface area contributed by atoms with Crippen molar-refractivity contribution in [1.82, 2.24) is 10.6 Å². The zero-order valence-corrected chi connectivity index (χ0v) is 11.9. The molecule has 4 heteroatoms. The number of rotatable bonds is 2. The van der Waals surface area contributed by atoms with Crippen molar-refractivity contribution in [2.75, 3.05) is 0 Å². The Morgan fingerprint density at radius 2 is 1.37 bits per heavy atom. The number of nitrogens with one attached hydrogen (secondary N) is 2. The molecule has 0 aromatic heterocycles. The molecule has 2 aliphatic rings. The van der Waals surface area contributed by atoms with Crippen LogP contribution in [-0.4, -0.2) is 23.9 Å². The van der Waals surface area contributed by atoms with Crippen LogP contribution in [0.3, 0.4) is 0 Å². The Bertz CT molecular complexity index is 324. The zero-order valence-electron chi connectivity index (χ0n) is 11.9. The lowest BCUT2D eigenvalue weighted by molar-refractivity contribution is -0.140. The van der Waals surface area contributed by atoms with Gasteiger partial charge >= 0.3 is 11.8 Å². The second kappa shape index (κ2) is 6.92. The fourth-order valence-electron chi connectivity index (χ4n) is 3.31. The molecule has 0 saturated heterocycles. The molecule has 2 rings (SSSR count). The first-order valence-electron chi connectivity index (χ1n) is 7.76. The Balaban J connectivity index is 1.73. The Morgan fingerprint density at radius 3 is 2.00 bits per heavy atom. The van der Waals surface area contributed by atoms with E-state index < -0.39 is 11.8 Å². The maximum atomic E-state index is 11.9. The minimum Gasteiger partial charge on any atom is -0.345 e. The van der Waals surface area contributed by atoms with Gasteiger partial charge in [-0.05, 0) is 31.6 Å². The van der Waals surface area contributed by atoms with E-state index in [1.165, 1.54) is 12.8 Å². The van der Waals surface area contributed by atoms with Crippen LogP contribution in [0.2, 0.25) is 0 Å². The molecule has 0 spiro atoms. The summed E-state index contributed by atoms with van der Waals surface area (Å²) in [7, 11) is 0. The van der Waals surface area contributed by atoms with Crippen molar-refractivity contribution in [3.05, 3.63) is 0 Å². The van der Waals surface area contributed by atoms with Crippen molar-refractivity contribution in [3.63, 3.8) is 0 Å². The SMILES string of the molecule is CC1CCCC(NC(=O)C(=O)NC2CCCCC2)C1. The van der Waals surface area contributed by atoms with Crippen molar-refractivity contribution in [1.29, 1.82) is 0 Å². The van der Waals surface area contributed by atoms with Gasteiger partial charge in [-0.3, -0.25) is 9.59 Å². The van der Waals surface area contributed by atoms with Crippen molar-refractivity contribution < 1.29 is 9.59 Å². The smallest absolute Gasteiger partial charge is 0.309 e. The third-order valence-corrected chi connectivity index (χ3v) is 4.42. The van der Waals surface area contributed by atoms with E-state index in [0.717, 1.165) is 44.9 Å². The quantitative estimate of drug-likeness (QED) is 0.752. The topological polar surface area (TPSA) is 58.2 Å². The molecule has 0 aromatic rings. The fourth-order valence-corrected chi connectivity index (χ4v) is 3.31. The number of hydrogen-bond acceptors (Lipinski definition) is 2. The van der Waals surface area contributed by atoms with Crippen LogP contribution in [-0.2, 0) is 9.59 Å². The molecule has 0 heterocycles. The molecule has 2 saturated carbocycles. The monoisotopic (exact) mass is 266 g/mol. The van der Waals surface area contributed by atoms with E-state index in [1.807, 2.05) is 0 Å². The number of amides is 2. The maximum absolute atomic E-state index is 11.9. The van der Waals surface area contributed by atoms with E-state index in [1.54, 1.807) is 0 Å². The van der Waals surface area contributed by atoms with Crippen LogP contribution in [0.15, 0.2) is 0 Å². The fraction of sp³-hybridized carbons (Fsp3) is 0.867. The summed E-state index contributed by atoms with van der Waals surface area (Å²) in [6.45, 7) is 2.21. The molecule has 19 heavy (non-hydrogen) atoms. The molecule has 0 radical (unpaired) electrons. The molecule has 108 valence electrons. The summed E-state index contributed by atoms with van der Waals surface area (Å²) in [5.74, 6) is -0.227. The molecular weight excluding hydrogens is 240 g/mol. The van der Waals surface area contributed by atoms with E-state index >= 15 is 0 Å². The molecule has 0 bridgehead atoms. The normalized spacial score (nSPS) is 28.7. The second-order valence-electron chi connectivity index (χ2n) is 6.25. The molecule has 0 aliphatic heterocycles. The van der Waals surface area contributed by atoms with E-state index in [9.17, 15) is 9.59 Å².